The number of nitrogens with zero attached hydrogens (tertiary/aromatic N) is 1. The lowest BCUT2D eigenvalue weighted by molar-refractivity contribution is 0.0338. The van der Waals surface area contributed by atoms with Crippen LogP contribution < -0.4 is 4.74 Å². The summed E-state index contributed by atoms with van der Waals surface area (Å²) in [6.07, 6.45) is 0. The molecule has 0 aliphatic carbocycles. The molecule has 0 saturated carbocycles. The molecule has 0 radical (unpaired) electrons. The lowest BCUT2D eigenvalue weighted by atomic mass is 10.1. The number of hydrogen-bond acceptors (Lipinski definition) is 4. The van der Waals surface area contributed by atoms with Crippen LogP contribution in [0, 0.1) is 0 Å². The highest BCUT2D eigenvalue weighted by atomic mass is 16.5. The Hall–Kier alpha value is -1.26. The molecule has 17 heavy (non-hydrogen) atoms. The number of hydrogen-bond donors (Lipinski definition) is 1. The number of benzene rings is 1. The molecule has 4 nitrogen and oxygen atoms in total. The maximum Gasteiger partial charge on any atom is 0.162 e. The monoisotopic (exact) mass is 237 g/mol. The number of phenolic OH excluding ortho intramolecular Hbond substituents is 1. The van der Waals surface area contributed by atoms with Crippen LogP contribution >= 0.6 is 0 Å². The summed E-state index contributed by atoms with van der Waals surface area (Å²) in [4.78, 5) is 2.27. The van der Waals surface area contributed by atoms with E-state index in [0.717, 1.165) is 38.4 Å². The molecule has 0 atom stereocenters. The molecule has 0 aromatic heterocycles. The summed E-state index contributed by atoms with van der Waals surface area (Å²) in [5.41, 5.74) is 0.915. The van der Waals surface area contributed by atoms with Crippen molar-refractivity contribution in [3.8, 4) is 11.5 Å². The molecule has 0 bridgehead atoms. The fourth-order valence-corrected chi connectivity index (χ4v) is 1.97. The molecule has 1 aliphatic heterocycles. The van der Waals surface area contributed by atoms with Gasteiger partial charge in [-0.25, -0.2) is 0 Å². The predicted molar refractivity (Wildman–Crippen MR) is 65.4 cm³/mol. The summed E-state index contributed by atoms with van der Waals surface area (Å²) in [5.74, 6) is 0.833. The third kappa shape index (κ3) is 3.11. The molecule has 1 aliphatic rings. The minimum Gasteiger partial charge on any atom is -0.504 e. The van der Waals surface area contributed by atoms with E-state index in [1.165, 1.54) is 0 Å². The standard InChI is InChI=1S/C13H19NO3/c1-2-17-12-5-3-4-11(13(12)15)10-14-6-8-16-9-7-14/h3-5,15H,2,6-10H2,1H3. The van der Waals surface area contributed by atoms with Crippen LogP contribution in [-0.4, -0.2) is 42.9 Å². The minimum atomic E-state index is 0.265. The van der Waals surface area contributed by atoms with E-state index in [-0.39, 0.29) is 5.75 Å². The van der Waals surface area contributed by atoms with Gasteiger partial charge in [0.15, 0.2) is 11.5 Å². The molecule has 0 unspecified atom stereocenters. The van der Waals surface area contributed by atoms with E-state index >= 15 is 0 Å². The zero-order chi connectivity index (χ0) is 12.1. The summed E-state index contributed by atoms with van der Waals surface area (Å²) < 4.78 is 10.7. The molecule has 0 spiro atoms. The summed E-state index contributed by atoms with van der Waals surface area (Å²) in [7, 11) is 0. The fraction of sp³-hybridized carbons (Fsp3) is 0.538. The molecule has 1 saturated heterocycles. The Labute approximate surface area is 102 Å². The highest BCUT2D eigenvalue weighted by molar-refractivity contribution is 5.45. The van der Waals surface area contributed by atoms with Crippen molar-refractivity contribution in [2.75, 3.05) is 32.9 Å². The zero-order valence-corrected chi connectivity index (χ0v) is 10.2. The first-order valence-corrected chi connectivity index (χ1v) is 6.05. The maximum atomic E-state index is 10.1. The summed E-state index contributed by atoms with van der Waals surface area (Å²) in [6.45, 7) is 6.59. The molecule has 0 amide bonds. The molecule has 1 fully saturated rings. The lowest BCUT2D eigenvalue weighted by Gasteiger charge is -2.27. The summed E-state index contributed by atoms with van der Waals surface area (Å²) in [6, 6.07) is 5.65. The number of ether oxygens (including phenoxy) is 2. The van der Waals surface area contributed by atoms with Crippen LogP contribution in [0.2, 0.25) is 0 Å². The molecule has 1 aromatic rings. The average molecular weight is 237 g/mol. The van der Waals surface area contributed by atoms with Crippen molar-refractivity contribution >= 4 is 0 Å². The van der Waals surface area contributed by atoms with Crippen LogP contribution in [0.25, 0.3) is 0 Å². The Balaban J connectivity index is 2.06. The van der Waals surface area contributed by atoms with E-state index in [1.807, 2.05) is 19.1 Å². The Morgan fingerprint density at radius 3 is 2.82 bits per heavy atom. The number of aromatic hydroxyl groups is 1. The van der Waals surface area contributed by atoms with Gasteiger partial charge in [-0.05, 0) is 13.0 Å². The normalized spacial score (nSPS) is 17.0. The second kappa shape index (κ2) is 5.89. The van der Waals surface area contributed by atoms with Gasteiger partial charge in [-0.3, -0.25) is 4.90 Å². The number of para-hydroxylation sites is 1. The Kier molecular flexibility index (Phi) is 4.23. The van der Waals surface area contributed by atoms with Crippen molar-refractivity contribution < 1.29 is 14.6 Å². The Bertz CT molecular complexity index is 362. The maximum absolute atomic E-state index is 10.1. The van der Waals surface area contributed by atoms with E-state index in [2.05, 4.69) is 4.90 Å². The first-order chi connectivity index (χ1) is 8.31. The van der Waals surface area contributed by atoms with Gasteiger partial charge < -0.3 is 14.6 Å². The molecule has 94 valence electrons. The van der Waals surface area contributed by atoms with Crippen molar-refractivity contribution in [3.63, 3.8) is 0 Å². The highest BCUT2D eigenvalue weighted by Crippen LogP contribution is 2.30. The van der Waals surface area contributed by atoms with Gasteiger partial charge in [-0.15, -0.1) is 0 Å². The van der Waals surface area contributed by atoms with Gasteiger partial charge in [0, 0.05) is 25.2 Å². The van der Waals surface area contributed by atoms with Gasteiger partial charge in [-0.2, -0.15) is 0 Å². The van der Waals surface area contributed by atoms with Crippen LogP contribution in [0.3, 0.4) is 0 Å². The van der Waals surface area contributed by atoms with Crippen LogP contribution in [0.5, 0.6) is 11.5 Å². The van der Waals surface area contributed by atoms with E-state index in [9.17, 15) is 5.11 Å². The summed E-state index contributed by atoms with van der Waals surface area (Å²) >= 11 is 0. The van der Waals surface area contributed by atoms with Gasteiger partial charge in [0.2, 0.25) is 0 Å². The molecule has 1 aromatic carbocycles. The van der Waals surface area contributed by atoms with Crippen molar-refractivity contribution in [3.05, 3.63) is 23.8 Å². The SMILES string of the molecule is CCOc1cccc(CN2CCOCC2)c1O. The molecular formula is C13H19NO3. The molecule has 2 rings (SSSR count). The van der Waals surface area contributed by atoms with E-state index in [1.54, 1.807) is 6.07 Å². The number of rotatable bonds is 4. The third-order valence-electron chi connectivity index (χ3n) is 2.88. The van der Waals surface area contributed by atoms with E-state index < -0.39 is 0 Å². The van der Waals surface area contributed by atoms with Gasteiger partial charge in [0.25, 0.3) is 0 Å². The predicted octanol–water partition coefficient (Wildman–Crippen LogP) is 1.62. The summed E-state index contributed by atoms with van der Waals surface area (Å²) in [5, 5.41) is 10.1. The van der Waals surface area contributed by atoms with Crippen molar-refractivity contribution in [1.82, 2.24) is 4.90 Å². The number of phenols is 1. The molecule has 4 heteroatoms. The fourth-order valence-electron chi connectivity index (χ4n) is 1.97. The van der Waals surface area contributed by atoms with Gasteiger partial charge >= 0.3 is 0 Å². The van der Waals surface area contributed by atoms with E-state index in [0.29, 0.717) is 12.4 Å². The van der Waals surface area contributed by atoms with Crippen LogP contribution in [0.4, 0.5) is 0 Å². The van der Waals surface area contributed by atoms with Crippen molar-refractivity contribution in [1.29, 1.82) is 0 Å². The molecule has 1 N–H and O–H groups in total. The molecular weight excluding hydrogens is 218 g/mol. The Morgan fingerprint density at radius 2 is 2.12 bits per heavy atom. The quantitative estimate of drug-likeness (QED) is 0.864. The highest BCUT2D eigenvalue weighted by Gasteiger charge is 2.14. The first-order valence-electron chi connectivity index (χ1n) is 6.05. The minimum absolute atomic E-state index is 0.265. The van der Waals surface area contributed by atoms with Crippen molar-refractivity contribution in [2.45, 2.75) is 13.5 Å². The first kappa shape index (κ1) is 12.2. The second-order valence-electron chi connectivity index (χ2n) is 4.09. The topological polar surface area (TPSA) is 41.9 Å². The van der Waals surface area contributed by atoms with Gasteiger partial charge in [0.05, 0.1) is 19.8 Å². The zero-order valence-electron chi connectivity index (χ0n) is 10.2. The van der Waals surface area contributed by atoms with Crippen LogP contribution in [0.1, 0.15) is 12.5 Å². The van der Waals surface area contributed by atoms with Crippen LogP contribution in [-0.2, 0) is 11.3 Å². The Morgan fingerprint density at radius 1 is 1.35 bits per heavy atom. The number of morpholine rings is 1. The average Bonchev–Trinajstić information content (AvgIpc) is 2.36. The van der Waals surface area contributed by atoms with Gasteiger partial charge in [0.1, 0.15) is 0 Å². The molecule has 1 heterocycles. The van der Waals surface area contributed by atoms with Gasteiger partial charge in [-0.1, -0.05) is 12.1 Å². The van der Waals surface area contributed by atoms with E-state index in [4.69, 9.17) is 9.47 Å². The van der Waals surface area contributed by atoms with Crippen molar-refractivity contribution in [2.24, 2.45) is 0 Å². The second-order valence-corrected chi connectivity index (χ2v) is 4.09. The lowest BCUT2D eigenvalue weighted by Crippen LogP contribution is -2.35. The third-order valence-corrected chi connectivity index (χ3v) is 2.88. The smallest absolute Gasteiger partial charge is 0.162 e. The largest absolute Gasteiger partial charge is 0.504 e. The van der Waals surface area contributed by atoms with Crippen LogP contribution in [0.15, 0.2) is 18.2 Å².